The number of thiophene rings is 1. The summed E-state index contributed by atoms with van der Waals surface area (Å²) in [6, 6.07) is 8.15. The number of fused-ring (bicyclic) bond motifs is 1. The van der Waals surface area contributed by atoms with Gasteiger partial charge in [-0.25, -0.2) is 13.8 Å². The van der Waals surface area contributed by atoms with Gasteiger partial charge in [0.05, 0.1) is 33.3 Å². The number of anilines is 3. The maximum atomic E-state index is 17.1. The molecule has 0 saturated heterocycles. The third-order valence-electron chi connectivity index (χ3n) is 8.34. The second-order valence-electron chi connectivity index (χ2n) is 11.1. The van der Waals surface area contributed by atoms with E-state index in [0.717, 1.165) is 23.4 Å². The van der Waals surface area contributed by atoms with Crippen molar-refractivity contribution in [3.63, 3.8) is 0 Å². The number of halogens is 3. The molecular formula is C32H27ClF2N8O2S. The Bertz CT molecular complexity index is 2120. The molecule has 3 aromatic heterocycles. The van der Waals surface area contributed by atoms with E-state index in [1.807, 2.05) is 43.2 Å². The monoisotopic (exact) mass is 660 g/mol. The van der Waals surface area contributed by atoms with E-state index in [1.165, 1.54) is 12.1 Å². The Hall–Kier alpha value is -4.77. The van der Waals surface area contributed by atoms with Crippen molar-refractivity contribution < 1.29 is 18.3 Å². The number of ether oxygens (including phenoxy) is 2. The summed E-state index contributed by atoms with van der Waals surface area (Å²) >= 11 is 7.90. The lowest BCUT2D eigenvalue weighted by molar-refractivity contribution is 0.127. The SMILES string of the molecule is CC(Oc1nc2c3c(c(Cl)c(-c4ccc(F)c5sc(N)c(C#N)c45)c(F)c3n1)OCCN2Cc1cccnc1N)C1C=CCN1C. The van der Waals surface area contributed by atoms with Crippen LogP contribution in [0, 0.1) is 23.0 Å². The molecule has 0 aliphatic carbocycles. The molecule has 10 nitrogen and oxygen atoms in total. The Morgan fingerprint density at radius 3 is 2.80 bits per heavy atom. The van der Waals surface area contributed by atoms with Gasteiger partial charge in [-0.2, -0.15) is 15.2 Å². The zero-order chi connectivity index (χ0) is 32.3. The topological polar surface area (TPSA) is 139 Å². The van der Waals surface area contributed by atoms with Crippen molar-refractivity contribution in [2.45, 2.75) is 25.6 Å². The predicted molar refractivity (Wildman–Crippen MR) is 175 cm³/mol. The fraction of sp³-hybridized carbons (Fsp3) is 0.250. The number of nitrogens with zero attached hydrogens (tertiary/aromatic N) is 6. The highest BCUT2D eigenvalue weighted by molar-refractivity contribution is 7.23. The van der Waals surface area contributed by atoms with Crippen LogP contribution in [0.1, 0.15) is 18.1 Å². The maximum Gasteiger partial charge on any atom is 0.319 e. The fourth-order valence-electron chi connectivity index (χ4n) is 6.09. The number of nitrogens with two attached hydrogens (primary N) is 2. The maximum absolute atomic E-state index is 17.1. The first-order valence-electron chi connectivity index (χ1n) is 14.4. The Kier molecular flexibility index (Phi) is 7.51. The van der Waals surface area contributed by atoms with Gasteiger partial charge in [0.1, 0.15) is 46.8 Å². The van der Waals surface area contributed by atoms with Gasteiger partial charge in [0.15, 0.2) is 11.6 Å². The largest absolute Gasteiger partial charge is 0.489 e. The van der Waals surface area contributed by atoms with Crippen molar-refractivity contribution in [2.24, 2.45) is 0 Å². The van der Waals surface area contributed by atoms with E-state index in [2.05, 4.69) is 14.9 Å². The second-order valence-corrected chi connectivity index (χ2v) is 12.6. The van der Waals surface area contributed by atoms with Gasteiger partial charge in [0, 0.05) is 35.8 Å². The third-order valence-corrected chi connectivity index (χ3v) is 9.73. The van der Waals surface area contributed by atoms with Crippen LogP contribution in [0.3, 0.4) is 0 Å². The summed E-state index contributed by atoms with van der Waals surface area (Å²) in [6.45, 7) is 3.45. The van der Waals surface area contributed by atoms with Crippen LogP contribution in [0.2, 0.25) is 5.02 Å². The van der Waals surface area contributed by atoms with Crippen molar-refractivity contribution in [2.75, 3.05) is 43.1 Å². The first-order valence-corrected chi connectivity index (χ1v) is 15.6. The van der Waals surface area contributed by atoms with Crippen LogP contribution in [-0.4, -0.2) is 58.7 Å². The Balaban J connectivity index is 1.48. The quantitative estimate of drug-likeness (QED) is 0.211. The molecule has 7 rings (SSSR count). The van der Waals surface area contributed by atoms with Gasteiger partial charge in [0.25, 0.3) is 0 Å². The normalized spacial score (nSPS) is 16.9. The summed E-state index contributed by atoms with van der Waals surface area (Å²) in [5, 5.41) is 10.3. The van der Waals surface area contributed by atoms with Gasteiger partial charge in [-0.1, -0.05) is 35.9 Å². The number of hydrogen-bond acceptors (Lipinski definition) is 11. The fourth-order valence-corrected chi connectivity index (χ4v) is 7.37. The molecule has 0 spiro atoms. The van der Waals surface area contributed by atoms with E-state index in [0.29, 0.717) is 18.2 Å². The summed E-state index contributed by atoms with van der Waals surface area (Å²) in [7, 11) is 1.98. The average molecular weight is 661 g/mol. The number of hydrogen-bond donors (Lipinski definition) is 2. The molecule has 2 aliphatic heterocycles. The molecule has 0 bridgehead atoms. The summed E-state index contributed by atoms with van der Waals surface area (Å²) in [5.74, 6) is -0.554. The first-order chi connectivity index (χ1) is 22.2. The smallest absolute Gasteiger partial charge is 0.319 e. The number of aromatic nitrogens is 3. The molecule has 2 aromatic carbocycles. The molecule has 0 radical (unpaired) electrons. The first kappa shape index (κ1) is 29.9. The highest BCUT2D eigenvalue weighted by Crippen LogP contribution is 2.50. The van der Waals surface area contributed by atoms with Crippen molar-refractivity contribution in [1.82, 2.24) is 19.9 Å². The molecule has 46 heavy (non-hydrogen) atoms. The van der Waals surface area contributed by atoms with Crippen LogP contribution in [0.5, 0.6) is 11.8 Å². The second kappa shape index (κ2) is 11.5. The lowest BCUT2D eigenvalue weighted by Gasteiger charge is -2.27. The minimum Gasteiger partial charge on any atom is -0.489 e. The molecule has 2 atom stereocenters. The van der Waals surface area contributed by atoms with Crippen molar-refractivity contribution in [3.05, 3.63) is 70.4 Å². The van der Waals surface area contributed by atoms with Gasteiger partial charge >= 0.3 is 6.01 Å². The summed E-state index contributed by atoms with van der Waals surface area (Å²) in [6.07, 6.45) is 5.32. The number of benzene rings is 2. The lowest BCUT2D eigenvalue weighted by Crippen LogP contribution is -2.38. The van der Waals surface area contributed by atoms with Crippen LogP contribution < -0.4 is 25.8 Å². The highest BCUT2D eigenvalue weighted by atomic mass is 35.5. The summed E-state index contributed by atoms with van der Waals surface area (Å²) < 4.78 is 44.6. The molecule has 5 aromatic rings. The van der Waals surface area contributed by atoms with Gasteiger partial charge < -0.3 is 25.8 Å². The molecule has 234 valence electrons. The van der Waals surface area contributed by atoms with Crippen molar-refractivity contribution >= 4 is 60.6 Å². The molecule has 0 fully saturated rings. The lowest BCUT2D eigenvalue weighted by atomic mass is 9.96. The van der Waals surface area contributed by atoms with Gasteiger partial charge in [0.2, 0.25) is 0 Å². The summed E-state index contributed by atoms with van der Waals surface area (Å²) in [5.41, 5.74) is 13.0. The van der Waals surface area contributed by atoms with Gasteiger partial charge in [-0.05, 0) is 31.7 Å². The van der Waals surface area contributed by atoms with E-state index in [1.54, 1.807) is 12.3 Å². The molecule has 0 saturated carbocycles. The van der Waals surface area contributed by atoms with Crippen molar-refractivity contribution in [3.8, 4) is 29.0 Å². The van der Waals surface area contributed by atoms with E-state index >= 15 is 4.39 Å². The Morgan fingerprint density at radius 1 is 1.24 bits per heavy atom. The van der Waals surface area contributed by atoms with Crippen LogP contribution in [0.25, 0.3) is 32.1 Å². The number of nitrogen functional groups attached to an aromatic ring is 2. The number of nitriles is 1. The zero-order valence-electron chi connectivity index (χ0n) is 24.7. The van der Waals surface area contributed by atoms with E-state index in [4.69, 9.17) is 37.5 Å². The molecule has 5 heterocycles. The summed E-state index contributed by atoms with van der Waals surface area (Å²) in [4.78, 5) is 17.6. The highest BCUT2D eigenvalue weighted by Gasteiger charge is 2.33. The van der Waals surface area contributed by atoms with Gasteiger partial charge in [-0.3, -0.25) is 4.90 Å². The minimum atomic E-state index is -0.810. The minimum absolute atomic E-state index is 0.0343. The molecule has 2 unspecified atom stereocenters. The zero-order valence-corrected chi connectivity index (χ0v) is 26.3. The predicted octanol–water partition coefficient (Wildman–Crippen LogP) is 5.91. The molecule has 0 amide bonds. The number of likely N-dealkylation sites (N-methyl/N-ethyl adjacent to an activating group) is 1. The van der Waals surface area contributed by atoms with Crippen LogP contribution in [0.4, 0.5) is 25.4 Å². The Morgan fingerprint density at radius 2 is 2.07 bits per heavy atom. The van der Waals surface area contributed by atoms with Gasteiger partial charge in [-0.15, -0.1) is 11.3 Å². The van der Waals surface area contributed by atoms with E-state index < -0.39 is 11.6 Å². The molecule has 14 heteroatoms. The van der Waals surface area contributed by atoms with Crippen LogP contribution in [-0.2, 0) is 6.54 Å². The standard InChI is InChI=1S/C32H27ClF2N8O2S/c1-15(20-6-4-10-42(20)2)45-32-40-26-23-27(44-12-11-43(31(23)41-32)14-16-5-3-9-39-29(16)37)24(33)22(25(26)35)17-7-8-19(34)28-21(17)18(13-36)30(38)46-28/h3-9,15,20H,10-12,14,38H2,1-2H3,(H2,37,39). The third kappa shape index (κ3) is 4.81. The number of rotatable bonds is 6. The van der Waals surface area contributed by atoms with E-state index in [-0.39, 0.29) is 84.8 Å². The molecule has 4 N–H and O–H groups in total. The Labute approximate surface area is 271 Å². The van der Waals surface area contributed by atoms with Crippen LogP contribution in [0.15, 0.2) is 42.6 Å². The molecule has 2 aliphatic rings. The molecular weight excluding hydrogens is 634 g/mol. The van der Waals surface area contributed by atoms with E-state index in [9.17, 15) is 9.65 Å². The van der Waals surface area contributed by atoms with Crippen LogP contribution >= 0.6 is 22.9 Å². The van der Waals surface area contributed by atoms with Crippen molar-refractivity contribution in [1.29, 1.82) is 5.26 Å². The average Bonchev–Trinajstić information content (AvgIpc) is 3.57. The number of pyridine rings is 1.